The topological polar surface area (TPSA) is 82.2 Å². The smallest absolute Gasteiger partial charge is 0.405 e. The fourth-order valence-corrected chi connectivity index (χ4v) is 1.82. The summed E-state index contributed by atoms with van der Waals surface area (Å²) in [7, 11) is 1.60. The second kappa shape index (κ2) is 5.96. The largest absolute Gasteiger partial charge is 0.573 e. The summed E-state index contributed by atoms with van der Waals surface area (Å²) in [6.07, 6.45) is -3.35. The van der Waals surface area contributed by atoms with Crippen molar-refractivity contribution in [3.05, 3.63) is 41.7 Å². The van der Waals surface area contributed by atoms with Crippen LogP contribution in [-0.4, -0.2) is 22.1 Å². The molecule has 9 heteroatoms. The number of halogens is 3. The van der Waals surface area contributed by atoms with E-state index < -0.39 is 12.3 Å². The zero-order valence-electron chi connectivity index (χ0n) is 11.5. The van der Waals surface area contributed by atoms with E-state index in [0.29, 0.717) is 0 Å². The molecule has 0 aliphatic rings. The number of ether oxygens (including phenoxy) is 1. The Morgan fingerprint density at radius 1 is 1.41 bits per heavy atom. The number of para-hydroxylation sites is 1. The van der Waals surface area contributed by atoms with Gasteiger partial charge in [0.2, 0.25) is 0 Å². The molecule has 1 amide bonds. The molecule has 0 radical (unpaired) electrons. The number of aromatic nitrogens is 2. The standard InChI is InChI=1S/C13H13F3N4O2/c1-20-7-9(17)11(19-20)12(21)18-6-8-4-2-3-5-10(8)22-13(14,15)16/h2-5,7H,6,17H2,1H3,(H,18,21). The summed E-state index contributed by atoms with van der Waals surface area (Å²) in [6.45, 7) is -0.152. The van der Waals surface area contributed by atoms with Gasteiger partial charge < -0.3 is 15.8 Å². The Balaban J connectivity index is 2.09. The van der Waals surface area contributed by atoms with Gasteiger partial charge in [0.05, 0.1) is 5.69 Å². The van der Waals surface area contributed by atoms with Crippen LogP contribution >= 0.6 is 0 Å². The van der Waals surface area contributed by atoms with Gasteiger partial charge in [0.15, 0.2) is 5.69 Å². The van der Waals surface area contributed by atoms with Crippen LogP contribution in [0.15, 0.2) is 30.5 Å². The minimum atomic E-state index is -4.80. The van der Waals surface area contributed by atoms with Crippen LogP contribution in [0.25, 0.3) is 0 Å². The number of benzene rings is 1. The Bertz CT molecular complexity index is 682. The highest BCUT2D eigenvalue weighted by atomic mass is 19.4. The van der Waals surface area contributed by atoms with E-state index in [9.17, 15) is 18.0 Å². The Kier molecular flexibility index (Phi) is 4.25. The van der Waals surface area contributed by atoms with Crippen LogP contribution in [0.1, 0.15) is 16.1 Å². The number of amides is 1. The Hall–Kier alpha value is -2.71. The van der Waals surface area contributed by atoms with Crippen LogP contribution in [-0.2, 0) is 13.6 Å². The third kappa shape index (κ3) is 3.90. The van der Waals surface area contributed by atoms with Gasteiger partial charge in [-0.05, 0) is 6.07 Å². The number of rotatable bonds is 4. The minimum Gasteiger partial charge on any atom is -0.405 e. The van der Waals surface area contributed by atoms with E-state index in [2.05, 4.69) is 15.2 Å². The molecule has 2 rings (SSSR count). The molecule has 1 heterocycles. The first-order valence-electron chi connectivity index (χ1n) is 6.17. The van der Waals surface area contributed by atoms with E-state index in [4.69, 9.17) is 5.73 Å². The first-order chi connectivity index (χ1) is 10.3. The zero-order chi connectivity index (χ0) is 16.3. The number of hydrogen-bond acceptors (Lipinski definition) is 4. The molecular formula is C13H13F3N4O2. The van der Waals surface area contributed by atoms with Gasteiger partial charge in [0.25, 0.3) is 5.91 Å². The third-order valence-corrected chi connectivity index (χ3v) is 2.71. The molecule has 0 aliphatic carbocycles. The minimum absolute atomic E-state index is 0.0109. The number of aryl methyl sites for hydroxylation is 1. The number of nitrogens with one attached hydrogen (secondary N) is 1. The fourth-order valence-electron chi connectivity index (χ4n) is 1.82. The molecule has 0 saturated carbocycles. The molecule has 22 heavy (non-hydrogen) atoms. The van der Waals surface area contributed by atoms with Crippen molar-refractivity contribution in [3.8, 4) is 5.75 Å². The van der Waals surface area contributed by atoms with E-state index in [1.165, 1.54) is 29.1 Å². The first-order valence-corrected chi connectivity index (χ1v) is 6.17. The predicted molar refractivity (Wildman–Crippen MR) is 71.9 cm³/mol. The molecule has 118 valence electrons. The normalized spacial score (nSPS) is 11.3. The van der Waals surface area contributed by atoms with Gasteiger partial charge in [0.1, 0.15) is 5.75 Å². The van der Waals surface area contributed by atoms with Crippen LogP contribution in [0.2, 0.25) is 0 Å². The monoisotopic (exact) mass is 314 g/mol. The van der Waals surface area contributed by atoms with Crippen molar-refractivity contribution in [2.75, 3.05) is 5.73 Å². The zero-order valence-corrected chi connectivity index (χ0v) is 11.5. The summed E-state index contributed by atoms with van der Waals surface area (Å²) in [6, 6.07) is 5.54. The number of carbonyl (C=O) groups is 1. The van der Waals surface area contributed by atoms with Crippen molar-refractivity contribution in [2.45, 2.75) is 12.9 Å². The molecule has 0 aliphatic heterocycles. The summed E-state index contributed by atoms with van der Waals surface area (Å²) in [5.41, 5.74) is 5.98. The first kappa shape index (κ1) is 15.7. The van der Waals surface area contributed by atoms with Gasteiger partial charge in [-0.2, -0.15) is 5.10 Å². The van der Waals surface area contributed by atoms with Crippen LogP contribution in [0, 0.1) is 0 Å². The van der Waals surface area contributed by atoms with Crippen molar-refractivity contribution in [1.29, 1.82) is 0 Å². The van der Waals surface area contributed by atoms with Gasteiger partial charge in [-0.1, -0.05) is 18.2 Å². The van der Waals surface area contributed by atoms with E-state index in [1.54, 1.807) is 13.1 Å². The van der Waals surface area contributed by atoms with Gasteiger partial charge in [-0.25, -0.2) is 0 Å². The number of nitrogens with zero attached hydrogens (tertiary/aromatic N) is 2. The van der Waals surface area contributed by atoms with E-state index in [-0.39, 0.29) is 29.2 Å². The second-order valence-electron chi connectivity index (χ2n) is 4.44. The maximum atomic E-state index is 12.3. The lowest BCUT2D eigenvalue weighted by atomic mass is 10.2. The molecule has 0 saturated heterocycles. The molecular weight excluding hydrogens is 301 g/mol. The summed E-state index contributed by atoms with van der Waals surface area (Å²) in [5.74, 6) is -0.954. The lowest BCUT2D eigenvalue weighted by Gasteiger charge is -2.13. The van der Waals surface area contributed by atoms with Crippen molar-refractivity contribution < 1.29 is 22.7 Å². The summed E-state index contributed by atoms with van der Waals surface area (Å²) < 4.78 is 42.2. The number of anilines is 1. The van der Waals surface area contributed by atoms with Crippen LogP contribution in [0.4, 0.5) is 18.9 Å². The number of alkyl halides is 3. The van der Waals surface area contributed by atoms with Crippen LogP contribution < -0.4 is 15.8 Å². The Morgan fingerprint density at radius 2 is 2.09 bits per heavy atom. The molecule has 2 aromatic rings. The Morgan fingerprint density at radius 3 is 2.68 bits per heavy atom. The average molecular weight is 314 g/mol. The summed E-state index contributed by atoms with van der Waals surface area (Å²) >= 11 is 0. The van der Waals surface area contributed by atoms with Crippen molar-refractivity contribution in [1.82, 2.24) is 15.1 Å². The fraction of sp³-hybridized carbons (Fsp3) is 0.231. The highest BCUT2D eigenvalue weighted by Gasteiger charge is 2.32. The molecule has 1 aromatic carbocycles. The van der Waals surface area contributed by atoms with E-state index in [0.717, 1.165) is 0 Å². The van der Waals surface area contributed by atoms with E-state index >= 15 is 0 Å². The molecule has 6 nitrogen and oxygen atoms in total. The van der Waals surface area contributed by atoms with E-state index in [1.807, 2.05) is 0 Å². The molecule has 0 bridgehead atoms. The lowest BCUT2D eigenvalue weighted by Crippen LogP contribution is -2.25. The number of nitrogens with two attached hydrogens (primary N) is 1. The van der Waals surface area contributed by atoms with Gasteiger partial charge >= 0.3 is 6.36 Å². The maximum absolute atomic E-state index is 12.3. The van der Waals surface area contributed by atoms with Crippen LogP contribution in [0.5, 0.6) is 5.75 Å². The Labute approximate surface area is 123 Å². The quantitative estimate of drug-likeness (QED) is 0.902. The second-order valence-corrected chi connectivity index (χ2v) is 4.44. The SMILES string of the molecule is Cn1cc(N)c(C(=O)NCc2ccccc2OC(F)(F)F)n1. The molecule has 0 atom stereocenters. The van der Waals surface area contributed by atoms with Crippen molar-refractivity contribution >= 4 is 11.6 Å². The van der Waals surface area contributed by atoms with Gasteiger partial charge in [-0.15, -0.1) is 13.2 Å². The number of carbonyl (C=O) groups excluding carboxylic acids is 1. The molecule has 1 aromatic heterocycles. The molecule has 0 spiro atoms. The number of hydrogen-bond donors (Lipinski definition) is 2. The average Bonchev–Trinajstić information content (AvgIpc) is 2.75. The van der Waals surface area contributed by atoms with Crippen LogP contribution in [0.3, 0.4) is 0 Å². The third-order valence-electron chi connectivity index (χ3n) is 2.71. The lowest BCUT2D eigenvalue weighted by molar-refractivity contribution is -0.274. The van der Waals surface area contributed by atoms with Gasteiger partial charge in [-0.3, -0.25) is 9.48 Å². The predicted octanol–water partition coefficient (Wildman–Crippen LogP) is 1.83. The maximum Gasteiger partial charge on any atom is 0.573 e. The highest BCUT2D eigenvalue weighted by Crippen LogP contribution is 2.26. The van der Waals surface area contributed by atoms with Crippen molar-refractivity contribution in [2.24, 2.45) is 7.05 Å². The van der Waals surface area contributed by atoms with Gasteiger partial charge in [0, 0.05) is 25.4 Å². The summed E-state index contributed by atoms with van der Waals surface area (Å²) in [4.78, 5) is 11.9. The number of nitrogen functional groups attached to an aromatic ring is 1. The highest BCUT2D eigenvalue weighted by molar-refractivity contribution is 5.96. The summed E-state index contributed by atoms with van der Waals surface area (Å²) in [5, 5.41) is 6.33. The molecule has 3 N–H and O–H groups in total. The molecule has 0 unspecified atom stereocenters. The molecule has 0 fully saturated rings. The van der Waals surface area contributed by atoms with Crippen molar-refractivity contribution in [3.63, 3.8) is 0 Å².